The maximum atomic E-state index is 10.7. The minimum atomic E-state index is -1.04. The molecular weight excluding hydrogens is 230 g/mol. The summed E-state index contributed by atoms with van der Waals surface area (Å²) in [7, 11) is 0. The molecule has 2 N–H and O–H groups in total. The molecule has 92 valence electrons. The molecule has 1 aromatic carbocycles. The van der Waals surface area contributed by atoms with Gasteiger partial charge < -0.3 is 5.11 Å². The molecule has 0 fully saturated rings. The number of fused-ring (bicyclic) bond motifs is 1. The van der Waals surface area contributed by atoms with E-state index in [0.29, 0.717) is 0 Å². The molecule has 0 amide bonds. The van der Waals surface area contributed by atoms with E-state index in [4.69, 9.17) is 5.11 Å². The number of hydrogen-bond acceptors (Lipinski definition) is 4. The highest BCUT2D eigenvalue weighted by atomic mass is 16.4. The van der Waals surface area contributed by atoms with Crippen molar-refractivity contribution in [2.24, 2.45) is 5.10 Å². The molecule has 1 heterocycles. The number of hydrogen-bond donors (Lipinski definition) is 2. The Morgan fingerprint density at radius 3 is 2.83 bits per heavy atom. The van der Waals surface area contributed by atoms with E-state index in [0.717, 1.165) is 22.3 Å². The highest BCUT2D eigenvalue weighted by Gasteiger charge is 2.04. The van der Waals surface area contributed by atoms with Gasteiger partial charge >= 0.3 is 5.97 Å². The zero-order valence-electron chi connectivity index (χ0n) is 10.1. The van der Waals surface area contributed by atoms with Crippen molar-refractivity contribution < 1.29 is 9.90 Å². The first kappa shape index (κ1) is 12.0. The highest BCUT2D eigenvalue weighted by Crippen LogP contribution is 2.22. The van der Waals surface area contributed by atoms with Crippen molar-refractivity contribution in [2.75, 3.05) is 5.43 Å². The van der Waals surface area contributed by atoms with E-state index < -0.39 is 5.97 Å². The molecule has 18 heavy (non-hydrogen) atoms. The van der Waals surface area contributed by atoms with Gasteiger partial charge in [0, 0.05) is 11.1 Å². The van der Waals surface area contributed by atoms with Crippen LogP contribution in [0, 0.1) is 6.92 Å². The quantitative estimate of drug-likeness (QED) is 0.641. The minimum absolute atomic E-state index is 0.00791. The van der Waals surface area contributed by atoms with Crippen LogP contribution >= 0.6 is 0 Å². The lowest BCUT2D eigenvalue weighted by Crippen LogP contribution is -2.10. The Morgan fingerprint density at radius 2 is 2.11 bits per heavy atom. The number of para-hydroxylation sites is 1. The molecule has 0 saturated heterocycles. The van der Waals surface area contributed by atoms with Gasteiger partial charge in [-0.1, -0.05) is 18.2 Å². The van der Waals surface area contributed by atoms with Crippen molar-refractivity contribution in [2.45, 2.75) is 13.8 Å². The summed E-state index contributed by atoms with van der Waals surface area (Å²) in [4.78, 5) is 15.1. The van der Waals surface area contributed by atoms with Crippen molar-refractivity contribution >= 4 is 28.3 Å². The van der Waals surface area contributed by atoms with Gasteiger partial charge in [-0.3, -0.25) is 10.4 Å². The van der Waals surface area contributed by atoms with Crippen LogP contribution in [0.2, 0.25) is 0 Å². The van der Waals surface area contributed by atoms with Gasteiger partial charge in [-0.15, -0.1) is 0 Å². The van der Waals surface area contributed by atoms with Crippen LogP contribution in [0.1, 0.15) is 12.6 Å². The van der Waals surface area contributed by atoms with Crippen molar-refractivity contribution in [3.63, 3.8) is 0 Å². The molecule has 0 aliphatic rings. The van der Waals surface area contributed by atoms with Gasteiger partial charge in [0.05, 0.1) is 11.2 Å². The first-order valence-corrected chi connectivity index (χ1v) is 5.48. The van der Waals surface area contributed by atoms with Crippen LogP contribution in [0.5, 0.6) is 0 Å². The molecule has 5 nitrogen and oxygen atoms in total. The normalized spacial score (nSPS) is 11.6. The summed E-state index contributed by atoms with van der Waals surface area (Å²) in [6.45, 7) is 3.32. The number of anilines is 1. The third-order valence-corrected chi connectivity index (χ3v) is 2.50. The van der Waals surface area contributed by atoms with Crippen molar-refractivity contribution in [1.29, 1.82) is 0 Å². The van der Waals surface area contributed by atoms with Crippen LogP contribution in [-0.4, -0.2) is 21.8 Å². The number of rotatable bonds is 3. The third kappa shape index (κ3) is 2.45. The van der Waals surface area contributed by atoms with E-state index in [2.05, 4.69) is 15.5 Å². The maximum Gasteiger partial charge on any atom is 0.351 e. The Kier molecular flexibility index (Phi) is 3.23. The predicted molar refractivity (Wildman–Crippen MR) is 70.8 cm³/mol. The second kappa shape index (κ2) is 4.83. The van der Waals surface area contributed by atoms with Gasteiger partial charge in [0.25, 0.3) is 0 Å². The molecule has 0 atom stereocenters. The summed E-state index contributed by atoms with van der Waals surface area (Å²) in [6, 6.07) is 9.46. The average Bonchev–Trinajstić information content (AvgIpc) is 2.35. The molecule has 5 heteroatoms. The highest BCUT2D eigenvalue weighted by molar-refractivity contribution is 6.34. The molecule has 0 spiro atoms. The van der Waals surface area contributed by atoms with Crippen LogP contribution in [0.15, 0.2) is 35.4 Å². The van der Waals surface area contributed by atoms with E-state index >= 15 is 0 Å². The standard InChI is InChI=1S/C13H13N3O2/c1-8-7-12(16-15-9(2)13(17)18)10-5-3-4-6-11(10)14-8/h3-7H,1-2H3,(H,14,16)(H,17,18). The third-order valence-electron chi connectivity index (χ3n) is 2.50. The number of aliphatic carboxylic acids is 1. The average molecular weight is 243 g/mol. The number of carboxylic acids is 1. The smallest absolute Gasteiger partial charge is 0.351 e. The fraction of sp³-hybridized carbons (Fsp3) is 0.154. The largest absolute Gasteiger partial charge is 0.477 e. The Bertz CT molecular complexity index is 635. The Hall–Kier alpha value is -2.43. The summed E-state index contributed by atoms with van der Waals surface area (Å²) in [5, 5.41) is 13.5. The lowest BCUT2D eigenvalue weighted by Gasteiger charge is -2.07. The summed E-state index contributed by atoms with van der Waals surface area (Å²) >= 11 is 0. The van der Waals surface area contributed by atoms with Crippen LogP contribution in [0.4, 0.5) is 5.69 Å². The first-order chi connectivity index (χ1) is 8.58. The van der Waals surface area contributed by atoms with E-state index in [1.807, 2.05) is 37.3 Å². The number of benzene rings is 1. The summed E-state index contributed by atoms with van der Waals surface area (Å²) in [5.41, 5.74) is 5.23. The number of nitrogens with zero attached hydrogens (tertiary/aromatic N) is 2. The van der Waals surface area contributed by atoms with Crippen LogP contribution < -0.4 is 5.43 Å². The topological polar surface area (TPSA) is 74.6 Å². The van der Waals surface area contributed by atoms with Crippen LogP contribution in [-0.2, 0) is 4.79 Å². The molecule has 0 aliphatic carbocycles. The molecule has 2 rings (SSSR count). The first-order valence-electron chi connectivity index (χ1n) is 5.48. The number of aryl methyl sites for hydroxylation is 1. The molecule has 1 aromatic heterocycles. The maximum absolute atomic E-state index is 10.7. The number of carbonyl (C=O) groups is 1. The van der Waals surface area contributed by atoms with Gasteiger partial charge in [-0.25, -0.2) is 4.79 Å². The second-order valence-electron chi connectivity index (χ2n) is 3.94. The molecule has 0 unspecified atom stereocenters. The Balaban J connectivity index is 2.44. The summed E-state index contributed by atoms with van der Waals surface area (Å²) in [6.07, 6.45) is 0. The summed E-state index contributed by atoms with van der Waals surface area (Å²) < 4.78 is 0. The molecule has 2 aromatic rings. The van der Waals surface area contributed by atoms with Crippen LogP contribution in [0.3, 0.4) is 0 Å². The van der Waals surface area contributed by atoms with Gasteiger partial charge in [-0.05, 0) is 26.0 Å². The number of hydrazone groups is 1. The minimum Gasteiger partial charge on any atom is -0.477 e. The molecular formula is C13H13N3O2. The fourth-order valence-electron chi connectivity index (χ4n) is 1.59. The SMILES string of the molecule is CC(=NNc1cc(C)nc2ccccc12)C(=O)O. The van der Waals surface area contributed by atoms with E-state index in [-0.39, 0.29) is 5.71 Å². The summed E-state index contributed by atoms with van der Waals surface area (Å²) in [5.74, 6) is -1.04. The van der Waals surface area contributed by atoms with E-state index in [9.17, 15) is 4.79 Å². The fourth-order valence-corrected chi connectivity index (χ4v) is 1.59. The number of carboxylic acid groups (broad SMARTS) is 1. The predicted octanol–water partition coefficient (Wildman–Crippen LogP) is 2.42. The number of pyridine rings is 1. The van der Waals surface area contributed by atoms with Crippen molar-refractivity contribution in [3.8, 4) is 0 Å². The van der Waals surface area contributed by atoms with Gasteiger partial charge in [0.15, 0.2) is 0 Å². The molecule has 0 bridgehead atoms. The molecule has 0 saturated carbocycles. The van der Waals surface area contributed by atoms with Gasteiger partial charge in [0.2, 0.25) is 0 Å². The Morgan fingerprint density at radius 1 is 1.39 bits per heavy atom. The number of aromatic nitrogens is 1. The monoisotopic (exact) mass is 243 g/mol. The number of nitrogens with one attached hydrogen (secondary N) is 1. The zero-order valence-corrected chi connectivity index (χ0v) is 10.1. The Labute approximate surface area is 104 Å². The van der Waals surface area contributed by atoms with E-state index in [1.165, 1.54) is 6.92 Å². The molecule has 0 radical (unpaired) electrons. The van der Waals surface area contributed by atoms with E-state index in [1.54, 1.807) is 0 Å². The van der Waals surface area contributed by atoms with Gasteiger partial charge in [0.1, 0.15) is 5.71 Å². The lowest BCUT2D eigenvalue weighted by molar-refractivity contribution is -0.129. The molecule has 0 aliphatic heterocycles. The lowest BCUT2D eigenvalue weighted by atomic mass is 10.1. The van der Waals surface area contributed by atoms with Gasteiger partial charge in [-0.2, -0.15) is 5.10 Å². The van der Waals surface area contributed by atoms with Crippen molar-refractivity contribution in [3.05, 3.63) is 36.0 Å². The zero-order chi connectivity index (χ0) is 13.1. The van der Waals surface area contributed by atoms with Crippen LogP contribution in [0.25, 0.3) is 10.9 Å². The second-order valence-corrected chi connectivity index (χ2v) is 3.94. The van der Waals surface area contributed by atoms with Crippen molar-refractivity contribution in [1.82, 2.24) is 4.98 Å².